The lowest BCUT2D eigenvalue weighted by Gasteiger charge is -2.36. The van der Waals surface area contributed by atoms with Crippen LogP contribution in [0.15, 0.2) is 97.2 Å². The van der Waals surface area contributed by atoms with Gasteiger partial charge in [0.05, 0.1) is 29.9 Å². The molecule has 2 N–H and O–H groups in total. The predicted octanol–water partition coefficient (Wildman–Crippen LogP) is 7.31. The van der Waals surface area contributed by atoms with Crippen molar-refractivity contribution in [3.63, 3.8) is 0 Å². The van der Waals surface area contributed by atoms with Crippen LogP contribution in [0.25, 0.3) is 0 Å². The van der Waals surface area contributed by atoms with Crippen molar-refractivity contribution in [3.05, 3.63) is 136 Å². The number of fused-ring (bicyclic) bond motifs is 2. The maximum atomic E-state index is 13.8. The number of rotatable bonds is 10. The topological polar surface area (TPSA) is 112 Å². The normalized spacial score (nSPS) is 24.8. The number of allylic oxidation sites excluding steroid dienone is 1. The Morgan fingerprint density at radius 3 is 2.20 bits per heavy atom. The lowest BCUT2D eigenvalue weighted by Crippen LogP contribution is -2.51. The van der Waals surface area contributed by atoms with Crippen LogP contribution >= 0.6 is 0 Å². The molecule has 10 nitrogen and oxygen atoms in total. The number of nitrogens with zero attached hydrogens (tertiary/aromatic N) is 3. The third-order valence-corrected chi connectivity index (χ3v) is 13.1. The summed E-state index contributed by atoms with van der Waals surface area (Å²) in [6.07, 6.45) is 6.85. The van der Waals surface area contributed by atoms with Gasteiger partial charge in [-0.3, -0.25) is 24.2 Å². The van der Waals surface area contributed by atoms with Gasteiger partial charge in [-0.1, -0.05) is 36.9 Å². The number of piperidine rings is 1. The first-order valence-corrected chi connectivity index (χ1v) is 21.1. The van der Waals surface area contributed by atoms with Crippen molar-refractivity contribution in [1.29, 1.82) is 0 Å². The molecule has 4 aromatic carbocycles. The van der Waals surface area contributed by atoms with Gasteiger partial charge >= 0.3 is 0 Å². The number of imide groups is 1. The molecule has 2 aliphatic carbocycles. The molecule has 2 saturated heterocycles. The Labute approximate surface area is 344 Å². The van der Waals surface area contributed by atoms with Crippen LogP contribution in [0.3, 0.4) is 0 Å². The van der Waals surface area contributed by atoms with Gasteiger partial charge in [-0.05, 0) is 134 Å². The number of phenols is 1. The van der Waals surface area contributed by atoms with E-state index in [4.69, 9.17) is 9.47 Å². The minimum absolute atomic E-state index is 0.0904. The van der Waals surface area contributed by atoms with Crippen molar-refractivity contribution in [2.24, 2.45) is 0 Å². The number of phenolic OH excluding ortho intramolecular Hbond substituents is 1. The van der Waals surface area contributed by atoms with E-state index in [2.05, 4.69) is 46.0 Å². The van der Waals surface area contributed by atoms with Crippen LogP contribution in [0.5, 0.6) is 11.5 Å². The van der Waals surface area contributed by atoms with Gasteiger partial charge in [0.15, 0.2) is 0 Å². The van der Waals surface area contributed by atoms with Crippen LogP contribution in [0.4, 0.5) is 10.1 Å². The fraction of sp³-hybridized carbons (Fsp3) is 0.396. The Morgan fingerprint density at radius 1 is 0.746 bits per heavy atom. The van der Waals surface area contributed by atoms with E-state index in [1.807, 2.05) is 30.3 Å². The first-order chi connectivity index (χ1) is 28.7. The molecule has 11 heteroatoms. The van der Waals surface area contributed by atoms with E-state index in [0.717, 1.165) is 98.7 Å². The standard InChI is InChI=1S/C48H51FN4O6/c1-30-2-21-44(46(55)50-30)53-47(56)42-19-10-35(29-43(42)48(53)57)52-24-22-51(23-25-52)26-27-58-37-14-16-39(17-15-37)59-38-12-5-32(6-13-38)45-40(31-3-8-34(49)9-4-31)18-7-33-28-36(54)11-20-41(33)45/h3-6,8-13,19-20,28-29,37,39-40,44-45,54H,1-2,7,14-18,21-27H2,(H,50,55)/t37?,39?,40-,44?,45+/m1/s1. The second-order valence-corrected chi connectivity index (χ2v) is 16.7. The van der Waals surface area contributed by atoms with Gasteiger partial charge in [0.2, 0.25) is 5.91 Å². The van der Waals surface area contributed by atoms with Gasteiger partial charge in [0, 0.05) is 50.0 Å². The maximum Gasteiger partial charge on any atom is 0.262 e. The largest absolute Gasteiger partial charge is 0.508 e. The highest BCUT2D eigenvalue weighted by Crippen LogP contribution is 2.47. The summed E-state index contributed by atoms with van der Waals surface area (Å²) in [6.45, 7) is 8.67. The van der Waals surface area contributed by atoms with Crippen LogP contribution in [0.1, 0.15) is 99.8 Å². The molecule has 3 amide bonds. The molecule has 0 bridgehead atoms. The van der Waals surface area contributed by atoms with E-state index in [1.165, 1.54) is 11.1 Å². The molecule has 3 atom stereocenters. The summed E-state index contributed by atoms with van der Waals surface area (Å²) >= 11 is 0. The van der Waals surface area contributed by atoms with Crippen molar-refractivity contribution in [3.8, 4) is 11.5 Å². The molecule has 1 unspecified atom stereocenters. The molecule has 306 valence electrons. The highest BCUT2D eigenvalue weighted by Gasteiger charge is 2.44. The quantitative estimate of drug-likeness (QED) is 0.161. The summed E-state index contributed by atoms with van der Waals surface area (Å²) < 4.78 is 26.7. The molecule has 0 spiro atoms. The van der Waals surface area contributed by atoms with Crippen molar-refractivity contribution < 1.29 is 33.4 Å². The molecular weight excluding hydrogens is 748 g/mol. The van der Waals surface area contributed by atoms with E-state index in [-0.39, 0.29) is 41.5 Å². The summed E-state index contributed by atoms with van der Waals surface area (Å²) in [7, 11) is 0. The molecule has 0 radical (unpaired) electrons. The molecule has 59 heavy (non-hydrogen) atoms. The zero-order valence-corrected chi connectivity index (χ0v) is 33.3. The number of carbonyl (C=O) groups excluding carboxylic acids is 3. The summed E-state index contributed by atoms with van der Waals surface area (Å²) in [5.41, 5.74) is 6.90. The fourth-order valence-electron chi connectivity index (χ4n) is 9.86. The fourth-order valence-corrected chi connectivity index (χ4v) is 9.86. The summed E-state index contributed by atoms with van der Waals surface area (Å²) in [6, 6.07) is 25.6. The number of nitrogens with one attached hydrogen (secondary N) is 1. The molecular formula is C48H51FN4O6. The van der Waals surface area contributed by atoms with Gasteiger partial charge < -0.3 is 24.8 Å². The van der Waals surface area contributed by atoms with Gasteiger partial charge in [0.1, 0.15) is 23.4 Å². The average Bonchev–Trinajstić information content (AvgIpc) is 3.49. The number of aryl methyl sites for hydroxylation is 1. The van der Waals surface area contributed by atoms with E-state index in [9.17, 15) is 23.9 Å². The van der Waals surface area contributed by atoms with Crippen LogP contribution in [0.2, 0.25) is 0 Å². The van der Waals surface area contributed by atoms with E-state index in [0.29, 0.717) is 36.3 Å². The first-order valence-electron chi connectivity index (χ1n) is 21.1. The Bertz CT molecular complexity index is 2230. The SMILES string of the molecule is C=C1CCC(N2C(=O)c3ccc(N4CCN(CCOC5CCC(Oc6ccc([C@@H]7c8ccc(O)cc8CC[C@@H]7c7ccc(F)cc7)cc6)CC5)CC4)cc3C2=O)C(=O)N1. The Hall–Kier alpha value is -5.52. The van der Waals surface area contributed by atoms with E-state index in [1.54, 1.807) is 30.3 Å². The smallest absolute Gasteiger partial charge is 0.262 e. The molecule has 3 fully saturated rings. The van der Waals surface area contributed by atoms with Crippen LogP contribution in [-0.4, -0.2) is 90.2 Å². The van der Waals surface area contributed by atoms with Crippen LogP contribution in [-0.2, 0) is 16.0 Å². The first kappa shape index (κ1) is 39.0. The molecule has 4 aromatic rings. The van der Waals surface area contributed by atoms with Gasteiger partial charge in [-0.15, -0.1) is 0 Å². The highest BCUT2D eigenvalue weighted by atomic mass is 19.1. The minimum atomic E-state index is -0.815. The van der Waals surface area contributed by atoms with Crippen LogP contribution in [0, 0.1) is 5.82 Å². The third kappa shape index (κ3) is 8.10. The monoisotopic (exact) mass is 798 g/mol. The highest BCUT2D eigenvalue weighted by molar-refractivity contribution is 6.23. The zero-order chi connectivity index (χ0) is 40.6. The number of ether oxygens (including phenoxy) is 2. The average molecular weight is 799 g/mol. The Morgan fingerprint density at radius 2 is 1.46 bits per heavy atom. The van der Waals surface area contributed by atoms with Crippen molar-refractivity contribution in [2.45, 2.75) is 81.5 Å². The lowest BCUT2D eigenvalue weighted by molar-refractivity contribution is -0.125. The second-order valence-electron chi connectivity index (χ2n) is 16.7. The molecule has 3 heterocycles. The Balaban J connectivity index is 0.724. The van der Waals surface area contributed by atoms with Gasteiger partial charge in [0.25, 0.3) is 11.8 Å². The van der Waals surface area contributed by atoms with Gasteiger partial charge in [-0.2, -0.15) is 0 Å². The maximum absolute atomic E-state index is 13.8. The minimum Gasteiger partial charge on any atom is -0.508 e. The van der Waals surface area contributed by atoms with E-state index >= 15 is 0 Å². The molecule has 9 rings (SSSR count). The van der Waals surface area contributed by atoms with Crippen molar-refractivity contribution in [2.75, 3.05) is 44.2 Å². The summed E-state index contributed by atoms with van der Waals surface area (Å²) in [5.74, 6) is 0.0203. The zero-order valence-electron chi connectivity index (χ0n) is 33.3. The number of hydrogen-bond acceptors (Lipinski definition) is 8. The lowest BCUT2D eigenvalue weighted by atomic mass is 9.69. The van der Waals surface area contributed by atoms with Crippen molar-refractivity contribution in [1.82, 2.24) is 15.1 Å². The summed E-state index contributed by atoms with van der Waals surface area (Å²) in [4.78, 5) is 44.9. The summed E-state index contributed by atoms with van der Waals surface area (Å²) in [5, 5.41) is 12.9. The Kier molecular flexibility index (Phi) is 11.0. The number of hydrogen-bond donors (Lipinski definition) is 2. The molecule has 5 aliphatic rings. The number of carbonyl (C=O) groups is 3. The number of piperazine rings is 1. The number of amides is 3. The number of halogens is 1. The third-order valence-electron chi connectivity index (χ3n) is 13.1. The number of anilines is 1. The number of benzene rings is 4. The van der Waals surface area contributed by atoms with Crippen LogP contribution < -0.4 is 15.0 Å². The molecule has 0 aromatic heterocycles. The van der Waals surface area contributed by atoms with Crippen molar-refractivity contribution >= 4 is 23.4 Å². The molecule has 3 aliphatic heterocycles. The molecule has 1 saturated carbocycles. The van der Waals surface area contributed by atoms with E-state index < -0.39 is 17.9 Å². The number of aromatic hydroxyl groups is 1. The van der Waals surface area contributed by atoms with Gasteiger partial charge in [-0.25, -0.2) is 4.39 Å². The second kappa shape index (κ2) is 16.6. The predicted molar refractivity (Wildman–Crippen MR) is 222 cm³/mol.